The number of aliphatic hydroxyl groups is 2. The van der Waals surface area contributed by atoms with Gasteiger partial charge in [-0.05, 0) is 43.2 Å². The summed E-state index contributed by atoms with van der Waals surface area (Å²) in [6.45, 7) is 0.603. The Morgan fingerprint density at radius 1 is 1.00 bits per heavy atom. The number of benzene rings is 2. The standard InChI is InChI=1S/C20H25F3N2O4S/c1-14(26)12-25(13-19(27)18(24)11-15-5-3-2-4-6-15)30(28,29)17-9-7-16(8-10-17)20(21,22)23/h2-10,14,18-19,26-27H,11-13,24H2,1H3. The molecule has 6 nitrogen and oxygen atoms in total. The Balaban J connectivity index is 2.20. The number of hydrogen-bond donors (Lipinski definition) is 3. The van der Waals surface area contributed by atoms with Gasteiger partial charge in [-0.2, -0.15) is 17.5 Å². The molecule has 0 saturated heterocycles. The number of alkyl halides is 3. The number of halogens is 3. The number of hydrogen-bond acceptors (Lipinski definition) is 5. The van der Waals surface area contributed by atoms with E-state index in [1.54, 1.807) is 0 Å². The van der Waals surface area contributed by atoms with Crippen LogP contribution in [0.3, 0.4) is 0 Å². The summed E-state index contributed by atoms with van der Waals surface area (Å²) in [6.07, 6.45) is -6.62. The Kier molecular flexibility index (Phi) is 8.00. The van der Waals surface area contributed by atoms with E-state index in [0.717, 1.165) is 22.0 Å². The minimum absolute atomic E-state index is 0.296. The Morgan fingerprint density at radius 2 is 1.57 bits per heavy atom. The minimum Gasteiger partial charge on any atom is -0.392 e. The summed E-state index contributed by atoms with van der Waals surface area (Å²) in [4.78, 5) is -0.375. The number of nitrogens with zero attached hydrogens (tertiary/aromatic N) is 1. The molecule has 0 saturated carbocycles. The maximum atomic E-state index is 12.9. The summed E-state index contributed by atoms with van der Waals surface area (Å²) >= 11 is 0. The second kappa shape index (κ2) is 9.88. The zero-order valence-corrected chi connectivity index (χ0v) is 17.1. The van der Waals surface area contributed by atoms with Crippen molar-refractivity contribution in [3.05, 3.63) is 65.7 Å². The van der Waals surface area contributed by atoms with Crippen molar-refractivity contribution in [3.63, 3.8) is 0 Å². The van der Waals surface area contributed by atoms with Crippen molar-refractivity contribution in [1.29, 1.82) is 0 Å². The monoisotopic (exact) mass is 446 g/mol. The van der Waals surface area contributed by atoms with Crippen molar-refractivity contribution in [1.82, 2.24) is 4.31 Å². The molecule has 0 aliphatic carbocycles. The highest BCUT2D eigenvalue weighted by atomic mass is 32.2. The van der Waals surface area contributed by atoms with Gasteiger partial charge in [-0.15, -0.1) is 0 Å². The molecular weight excluding hydrogens is 421 g/mol. The van der Waals surface area contributed by atoms with Gasteiger partial charge in [0.05, 0.1) is 22.7 Å². The Morgan fingerprint density at radius 3 is 2.07 bits per heavy atom. The first-order chi connectivity index (χ1) is 13.9. The third-order valence-electron chi connectivity index (χ3n) is 4.49. The average molecular weight is 446 g/mol. The van der Waals surface area contributed by atoms with Crippen LogP contribution in [0, 0.1) is 0 Å². The van der Waals surface area contributed by atoms with Crippen LogP contribution in [0.1, 0.15) is 18.1 Å². The maximum Gasteiger partial charge on any atom is 0.416 e. The quantitative estimate of drug-likeness (QED) is 0.547. The van der Waals surface area contributed by atoms with Crippen LogP contribution >= 0.6 is 0 Å². The number of rotatable bonds is 9. The van der Waals surface area contributed by atoms with E-state index < -0.39 is 46.6 Å². The van der Waals surface area contributed by atoms with Gasteiger partial charge in [-0.3, -0.25) is 0 Å². The molecule has 2 rings (SSSR count). The van der Waals surface area contributed by atoms with E-state index in [4.69, 9.17) is 5.73 Å². The van der Waals surface area contributed by atoms with Crippen LogP contribution in [0.4, 0.5) is 13.2 Å². The molecular formula is C20H25F3N2O4S. The van der Waals surface area contributed by atoms with Crippen LogP contribution in [0.15, 0.2) is 59.5 Å². The lowest BCUT2D eigenvalue weighted by molar-refractivity contribution is -0.137. The summed E-state index contributed by atoms with van der Waals surface area (Å²) in [7, 11) is -4.27. The molecule has 30 heavy (non-hydrogen) atoms. The van der Waals surface area contributed by atoms with Gasteiger partial charge in [0.2, 0.25) is 10.0 Å². The summed E-state index contributed by atoms with van der Waals surface area (Å²) in [6, 6.07) is 11.3. The Bertz CT molecular complexity index is 904. The topological polar surface area (TPSA) is 104 Å². The third kappa shape index (κ3) is 6.51. The first-order valence-corrected chi connectivity index (χ1v) is 10.7. The lowest BCUT2D eigenvalue weighted by Crippen LogP contribution is -2.48. The van der Waals surface area contributed by atoms with Crippen molar-refractivity contribution < 1.29 is 31.8 Å². The van der Waals surface area contributed by atoms with Crippen LogP contribution in [-0.4, -0.2) is 54.3 Å². The molecule has 0 amide bonds. The van der Waals surface area contributed by atoms with Crippen LogP contribution in [-0.2, 0) is 22.6 Å². The summed E-state index contributed by atoms with van der Waals surface area (Å²) < 4.78 is 64.9. The Hall–Kier alpha value is -1.98. The fraction of sp³-hybridized carbons (Fsp3) is 0.400. The lowest BCUT2D eigenvalue weighted by Gasteiger charge is -2.28. The van der Waals surface area contributed by atoms with Gasteiger partial charge in [0.25, 0.3) is 0 Å². The SMILES string of the molecule is CC(O)CN(CC(O)C(N)Cc1ccccc1)S(=O)(=O)c1ccc(C(F)(F)F)cc1. The predicted molar refractivity (Wildman–Crippen MR) is 106 cm³/mol. The molecule has 0 aliphatic heterocycles. The fourth-order valence-electron chi connectivity index (χ4n) is 2.90. The molecule has 0 radical (unpaired) electrons. The molecule has 10 heteroatoms. The van der Waals surface area contributed by atoms with Gasteiger partial charge in [0.1, 0.15) is 0 Å². The molecule has 0 bridgehead atoms. The van der Waals surface area contributed by atoms with E-state index in [9.17, 15) is 31.8 Å². The molecule has 2 aromatic rings. The number of aliphatic hydroxyl groups excluding tert-OH is 2. The van der Waals surface area contributed by atoms with Crippen molar-refractivity contribution in [2.45, 2.75) is 42.7 Å². The van der Waals surface area contributed by atoms with Gasteiger partial charge in [-0.25, -0.2) is 8.42 Å². The highest BCUT2D eigenvalue weighted by Crippen LogP contribution is 2.30. The van der Waals surface area contributed by atoms with Crippen molar-refractivity contribution in [2.24, 2.45) is 5.73 Å². The van der Waals surface area contributed by atoms with E-state index >= 15 is 0 Å². The largest absolute Gasteiger partial charge is 0.416 e. The van der Waals surface area contributed by atoms with Crippen molar-refractivity contribution >= 4 is 10.0 Å². The molecule has 3 unspecified atom stereocenters. The summed E-state index contributed by atoms with van der Waals surface area (Å²) in [5.74, 6) is 0. The third-order valence-corrected chi connectivity index (χ3v) is 6.33. The van der Waals surface area contributed by atoms with E-state index in [2.05, 4.69) is 0 Å². The van der Waals surface area contributed by atoms with E-state index in [1.807, 2.05) is 30.3 Å². The smallest absolute Gasteiger partial charge is 0.392 e. The molecule has 4 N–H and O–H groups in total. The average Bonchev–Trinajstić information content (AvgIpc) is 2.67. The predicted octanol–water partition coefficient (Wildman–Crippen LogP) is 2.01. The van der Waals surface area contributed by atoms with E-state index in [1.165, 1.54) is 6.92 Å². The second-order valence-corrected chi connectivity index (χ2v) is 9.05. The molecule has 0 aromatic heterocycles. The molecule has 3 atom stereocenters. The van der Waals surface area contributed by atoms with Crippen LogP contribution in [0.5, 0.6) is 0 Å². The molecule has 2 aromatic carbocycles. The molecule has 0 aliphatic rings. The Labute approximate surface area is 173 Å². The number of nitrogens with two attached hydrogens (primary N) is 1. The van der Waals surface area contributed by atoms with Crippen molar-refractivity contribution in [2.75, 3.05) is 13.1 Å². The zero-order chi connectivity index (χ0) is 22.5. The van der Waals surface area contributed by atoms with Crippen LogP contribution in [0.2, 0.25) is 0 Å². The van der Waals surface area contributed by atoms with Crippen LogP contribution < -0.4 is 5.73 Å². The molecule has 0 fully saturated rings. The summed E-state index contributed by atoms with van der Waals surface area (Å²) in [5, 5.41) is 20.2. The highest BCUT2D eigenvalue weighted by Gasteiger charge is 2.33. The fourth-order valence-corrected chi connectivity index (χ4v) is 4.44. The van der Waals surface area contributed by atoms with Gasteiger partial charge >= 0.3 is 6.18 Å². The van der Waals surface area contributed by atoms with Crippen molar-refractivity contribution in [3.8, 4) is 0 Å². The van der Waals surface area contributed by atoms with Gasteiger partial charge in [-0.1, -0.05) is 30.3 Å². The first-order valence-electron chi connectivity index (χ1n) is 9.24. The zero-order valence-electron chi connectivity index (χ0n) is 16.3. The number of sulfonamides is 1. The highest BCUT2D eigenvalue weighted by molar-refractivity contribution is 7.89. The molecule has 0 spiro atoms. The van der Waals surface area contributed by atoms with E-state index in [-0.39, 0.29) is 11.4 Å². The minimum atomic E-state index is -4.60. The summed E-state index contributed by atoms with van der Waals surface area (Å²) in [5.41, 5.74) is 5.90. The van der Waals surface area contributed by atoms with Gasteiger partial charge < -0.3 is 15.9 Å². The van der Waals surface area contributed by atoms with Gasteiger partial charge in [0, 0.05) is 19.1 Å². The van der Waals surface area contributed by atoms with E-state index in [0.29, 0.717) is 18.6 Å². The maximum absolute atomic E-state index is 12.9. The normalized spacial score (nSPS) is 15.7. The second-order valence-electron chi connectivity index (χ2n) is 7.11. The van der Waals surface area contributed by atoms with Gasteiger partial charge in [0.15, 0.2) is 0 Å². The molecule has 0 heterocycles. The lowest BCUT2D eigenvalue weighted by atomic mass is 10.0. The first kappa shape index (κ1) is 24.3. The van der Waals surface area contributed by atoms with Crippen LogP contribution in [0.25, 0.3) is 0 Å². The molecule has 166 valence electrons.